The first-order valence-corrected chi connectivity index (χ1v) is 6.91. The molecule has 0 aromatic heterocycles. The Morgan fingerprint density at radius 1 is 1.27 bits per heavy atom. The van der Waals surface area contributed by atoms with Gasteiger partial charge in [0, 0.05) is 44.8 Å². The minimum absolute atomic E-state index is 0. The normalized spacial score (nSPS) is 15.2. The quantitative estimate of drug-likeness (QED) is 0.824. The second-order valence-corrected chi connectivity index (χ2v) is 4.75. The number of piperazine rings is 1. The van der Waals surface area contributed by atoms with E-state index in [0.717, 1.165) is 32.7 Å². The van der Waals surface area contributed by atoms with E-state index in [-0.39, 0.29) is 24.1 Å². The molecule has 1 aliphatic rings. The standard InChI is InChI=1S/C14H19F2N3O2.ClH/c15-14(16)21-12-3-1-11(2-4-12)13(20)18-7-10-19-8-5-17-6-9-19;/h1-4,14,17H,5-10H2,(H,18,20);1H. The first-order valence-electron chi connectivity index (χ1n) is 6.91. The molecule has 2 rings (SSSR count). The molecule has 0 radical (unpaired) electrons. The van der Waals surface area contributed by atoms with Gasteiger partial charge in [-0.05, 0) is 24.3 Å². The summed E-state index contributed by atoms with van der Waals surface area (Å²) in [6, 6.07) is 5.66. The second-order valence-electron chi connectivity index (χ2n) is 4.75. The van der Waals surface area contributed by atoms with Gasteiger partial charge in [-0.1, -0.05) is 0 Å². The van der Waals surface area contributed by atoms with Crippen molar-refractivity contribution in [1.82, 2.24) is 15.5 Å². The lowest BCUT2D eigenvalue weighted by atomic mass is 10.2. The van der Waals surface area contributed by atoms with Crippen LogP contribution in [0.4, 0.5) is 8.78 Å². The molecule has 5 nitrogen and oxygen atoms in total. The summed E-state index contributed by atoms with van der Waals surface area (Å²) >= 11 is 0. The summed E-state index contributed by atoms with van der Waals surface area (Å²) in [5.41, 5.74) is 0.428. The highest BCUT2D eigenvalue weighted by Gasteiger charge is 2.11. The van der Waals surface area contributed by atoms with Gasteiger partial charge in [0.05, 0.1) is 0 Å². The Labute approximate surface area is 134 Å². The minimum atomic E-state index is -2.86. The summed E-state index contributed by atoms with van der Waals surface area (Å²) < 4.78 is 28.3. The fraction of sp³-hybridized carbons (Fsp3) is 0.500. The fourth-order valence-electron chi connectivity index (χ4n) is 2.15. The SMILES string of the molecule is Cl.O=C(NCCN1CCNCC1)c1ccc(OC(F)F)cc1. The molecule has 1 heterocycles. The van der Waals surface area contributed by atoms with Crippen molar-refractivity contribution in [2.45, 2.75) is 6.61 Å². The van der Waals surface area contributed by atoms with E-state index in [9.17, 15) is 13.6 Å². The van der Waals surface area contributed by atoms with E-state index >= 15 is 0 Å². The molecule has 1 aliphatic heterocycles. The van der Waals surface area contributed by atoms with Crippen LogP contribution < -0.4 is 15.4 Å². The van der Waals surface area contributed by atoms with Gasteiger partial charge in [-0.15, -0.1) is 12.4 Å². The number of carbonyl (C=O) groups is 1. The molecule has 124 valence electrons. The van der Waals surface area contributed by atoms with Crippen LogP contribution in [0.2, 0.25) is 0 Å². The monoisotopic (exact) mass is 335 g/mol. The molecule has 2 N–H and O–H groups in total. The van der Waals surface area contributed by atoms with Gasteiger partial charge in [-0.3, -0.25) is 9.69 Å². The van der Waals surface area contributed by atoms with Crippen LogP contribution in [0.3, 0.4) is 0 Å². The molecule has 0 aliphatic carbocycles. The molecular weight excluding hydrogens is 316 g/mol. The summed E-state index contributed by atoms with van der Waals surface area (Å²) in [5.74, 6) is -0.170. The number of nitrogens with zero attached hydrogens (tertiary/aromatic N) is 1. The van der Waals surface area contributed by atoms with E-state index in [1.54, 1.807) is 0 Å². The molecule has 0 unspecified atom stereocenters. The third-order valence-corrected chi connectivity index (χ3v) is 3.26. The van der Waals surface area contributed by atoms with Gasteiger partial charge >= 0.3 is 6.61 Å². The van der Waals surface area contributed by atoms with Crippen LogP contribution in [0.15, 0.2) is 24.3 Å². The largest absolute Gasteiger partial charge is 0.435 e. The van der Waals surface area contributed by atoms with E-state index in [1.165, 1.54) is 24.3 Å². The van der Waals surface area contributed by atoms with Crippen molar-refractivity contribution < 1.29 is 18.3 Å². The maximum atomic E-state index is 12.0. The van der Waals surface area contributed by atoms with E-state index < -0.39 is 6.61 Å². The highest BCUT2D eigenvalue weighted by Crippen LogP contribution is 2.14. The van der Waals surface area contributed by atoms with Gasteiger partial charge in [0.1, 0.15) is 5.75 Å². The summed E-state index contributed by atoms with van der Waals surface area (Å²) in [5, 5.41) is 6.08. The molecule has 22 heavy (non-hydrogen) atoms. The first-order chi connectivity index (χ1) is 10.1. The van der Waals surface area contributed by atoms with Crippen LogP contribution in [-0.2, 0) is 0 Å². The van der Waals surface area contributed by atoms with Gasteiger partial charge < -0.3 is 15.4 Å². The average molecular weight is 336 g/mol. The number of amides is 1. The predicted octanol–water partition coefficient (Wildman–Crippen LogP) is 1.34. The number of hydrogen-bond donors (Lipinski definition) is 2. The van der Waals surface area contributed by atoms with Crippen LogP contribution in [0.1, 0.15) is 10.4 Å². The van der Waals surface area contributed by atoms with Crippen LogP contribution >= 0.6 is 12.4 Å². The van der Waals surface area contributed by atoms with Crippen LogP contribution in [0.25, 0.3) is 0 Å². The Morgan fingerprint density at radius 3 is 2.50 bits per heavy atom. The predicted molar refractivity (Wildman–Crippen MR) is 82.0 cm³/mol. The number of alkyl halides is 2. The third kappa shape index (κ3) is 6.13. The first kappa shape index (κ1) is 18.6. The lowest BCUT2D eigenvalue weighted by molar-refractivity contribution is -0.0498. The third-order valence-electron chi connectivity index (χ3n) is 3.26. The highest BCUT2D eigenvalue weighted by molar-refractivity contribution is 5.94. The van der Waals surface area contributed by atoms with Crippen molar-refractivity contribution in [3.05, 3.63) is 29.8 Å². The Bertz CT molecular complexity index is 454. The molecule has 0 saturated carbocycles. The number of nitrogens with one attached hydrogen (secondary N) is 2. The Morgan fingerprint density at radius 2 is 1.91 bits per heavy atom. The zero-order chi connectivity index (χ0) is 15.1. The lowest BCUT2D eigenvalue weighted by Gasteiger charge is -2.27. The molecule has 1 saturated heterocycles. The van der Waals surface area contributed by atoms with Crippen LogP contribution in [0.5, 0.6) is 5.75 Å². The number of halogens is 3. The van der Waals surface area contributed by atoms with Gasteiger partial charge in [-0.25, -0.2) is 0 Å². The zero-order valence-corrected chi connectivity index (χ0v) is 12.9. The van der Waals surface area contributed by atoms with Gasteiger partial charge in [0.25, 0.3) is 5.91 Å². The van der Waals surface area contributed by atoms with Crippen molar-refractivity contribution in [3.63, 3.8) is 0 Å². The van der Waals surface area contributed by atoms with Crippen LogP contribution in [0, 0.1) is 0 Å². The Hall–Kier alpha value is -1.44. The maximum absolute atomic E-state index is 12.0. The minimum Gasteiger partial charge on any atom is -0.435 e. The molecule has 0 spiro atoms. The van der Waals surface area contributed by atoms with Gasteiger partial charge in [0.2, 0.25) is 0 Å². The Balaban J connectivity index is 0.00000242. The molecule has 1 aromatic carbocycles. The molecule has 1 amide bonds. The Kier molecular flexibility index (Phi) is 8.08. The maximum Gasteiger partial charge on any atom is 0.387 e. The topological polar surface area (TPSA) is 53.6 Å². The van der Waals surface area contributed by atoms with Gasteiger partial charge in [0.15, 0.2) is 0 Å². The van der Waals surface area contributed by atoms with Crippen molar-refractivity contribution in [2.75, 3.05) is 39.3 Å². The van der Waals surface area contributed by atoms with Crippen molar-refractivity contribution in [1.29, 1.82) is 0 Å². The zero-order valence-electron chi connectivity index (χ0n) is 12.1. The molecule has 1 aromatic rings. The summed E-state index contributed by atoms with van der Waals surface area (Å²) in [6.07, 6.45) is 0. The van der Waals surface area contributed by atoms with E-state index in [2.05, 4.69) is 20.3 Å². The number of hydrogen-bond acceptors (Lipinski definition) is 4. The number of carbonyl (C=O) groups excluding carboxylic acids is 1. The fourth-order valence-corrected chi connectivity index (χ4v) is 2.15. The van der Waals surface area contributed by atoms with Crippen LogP contribution in [-0.4, -0.2) is 56.7 Å². The molecule has 1 fully saturated rings. The molecule has 8 heteroatoms. The smallest absolute Gasteiger partial charge is 0.387 e. The van der Waals surface area contributed by atoms with E-state index in [1.807, 2.05) is 0 Å². The second kappa shape index (κ2) is 9.55. The number of rotatable bonds is 6. The molecule has 0 bridgehead atoms. The summed E-state index contributed by atoms with van der Waals surface area (Å²) in [4.78, 5) is 14.2. The summed E-state index contributed by atoms with van der Waals surface area (Å²) in [7, 11) is 0. The van der Waals surface area contributed by atoms with E-state index in [0.29, 0.717) is 12.1 Å². The van der Waals surface area contributed by atoms with E-state index in [4.69, 9.17) is 0 Å². The van der Waals surface area contributed by atoms with Crippen molar-refractivity contribution >= 4 is 18.3 Å². The van der Waals surface area contributed by atoms with Gasteiger partial charge in [-0.2, -0.15) is 8.78 Å². The molecular formula is C14H20ClF2N3O2. The number of benzene rings is 1. The van der Waals surface area contributed by atoms with Crippen molar-refractivity contribution in [2.24, 2.45) is 0 Å². The highest BCUT2D eigenvalue weighted by atomic mass is 35.5. The summed E-state index contributed by atoms with van der Waals surface area (Å²) in [6.45, 7) is 2.42. The average Bonchev–Trinajstić information content (AvgIpc) is 2.48. The molecule has 0 atom stereocenters. The van der Waals surface area contributed by atoms with Crippen molar-refractivity contribution in [3.8, 4) is 5.75 Å². The number of ether oxygens (including phenoxy) is 1. The lowest BCUT2D eigenvalue weighted by Crippen LogP contribution is -2.46.